The summed E-state index contributed by atoms with van der Waals surface area (Å²) in [6.45, 7) is 1.82. The van der Waals surface area contributed by atoms with Crippen LogP contribution in [0.5, 0.6) is 0 Å². The first kappa shape index (κ1) is 19.0. The van der Waals surface area contributed by atoms with Crippen molar-refractivity contribution in [3.8, 4) is 0 Å². The van der Waals surface area contributed by atoms with Crippen molar-refractivity contribution in [1.29, 1.82) is 0 Å². The molecule has 1 aromatic carbocycles. The Balaban J connectivity index is 0.000000384. The van der Waals surface area contributed by atoms with Gasteiger partial charge in [0.15, 0.2) is 0 Å². The molecule has 10 heteroatoms. The fourth-order valence-corrected chi connectivity index (χ4v) is 1.43. The van der Waals surface area contributed by atoms with Gasteiger partial charge in [0.1, 0.15) is 22.3 Å². The van der Waals surface area contributed by atoms with Crippen LogP contribution in [0.15, 0.2) is 29.2 Å². The van der Waals surface area contributed by atoms with Crippen LogP contribution in [-0.4, -0.2) is 47.3 Å². The zero-order valence-corrected chi connectivity index (χ0v) is 11.4. The number of rotatable bonds is 4. The van der Waals surface area contributed by atoms with E-state index in [1.807, 2.05) is 6.92 Å². The molecule has 1 rings (SSSR count). The fraction of sp³-hybridized carbons (Fsp3) is 0.273. The lowest BCUT2D eigenvalue weighted by Gasteiger charge is -2.18. The largest absolute Gasteiger partial charge is 0.744 e. The molecule has 2 N–H and O–H groups in total. The molecule has 0 spiro atoms. The summed E-state index contributed by atoms with van der Waals surface area (Å²) in [4.78, 5) is 19.1. The van der Waals surface area contributed by atoms with Crippen molar-refractivity contribution < 1.29 is 43.0 Å². The van der Waals surface area contributed by atoms with Crippen LogP contribution in [-0.2, 0) is 19.7 Å². The summed E-state index contributed by atoms with van der Waals surface area (Å²) < 4.78 is 31.2. The van der Waals surface area contributed by atoms with E-state index in [0.29, 0.717) is 0 Å². The van der Waals surface area contributed by atoms with Gasteiger partial charge in [-0.1, -0.05) is 17.7 Å². The first-order valence-corrected chi connectivity index (χ1v) is 6.68. The van der Waals surface area contributed by atoms with Crippen LogP contribution in [0.4, 0.5) is 0 Å². The molecular formula is C11H11O9S-3. The normalized spacial score (nSPS) is 13.5. The van der Waals surface area contributed by atoms with E-state index in [2.05, 4.69) is 0 Å². The number of carbonyl (C=O) groups excluding carboxylic acids is 2. The van der Waals surface area contributed by atoms with Crippen molar-refractivity contribution in [3.05, 3.63) is 29.8 Å². The smallest absolute Gasteiger partial charge is 0.124 e. The second kappa shape index (κ2) is 7.69. The van der Waals surface area contributed by atoms with Gasteiger partial charge in [0.2, 0.25) is 0 Å². The number of aliphatic hydroxyl groups is 2. The number of carboxylic acids is 2. The van der Waals surface area contributed by atoms with Crippen molar-refractivity contribution in [2.45, 2.75) is 24.0 Å². The lowest BCUT2D eigenvalue weighted by atomic mass is 10.2. The summed E-state index contributed by atoms with van der Waals surface area (Å²) >= 11 is 0. The highest BCUT2D eigenvalue weighted by molar-refractivity contribution is 7.85. The molecule has 0 aliphatic carbocycles. The average molecular weight is 319 g/mol. The maximum atomic E-state index is 10.4. The second-order valence-electron chi connectivity index (χ2n) is 3.79. The fourth-order valence-electron chi connectivity index (χ4n) is 0.963. The van der Waals surface area contributed by atoms with Gasteiger partial charge in [0.05, 0.1) is 16.8 Å². The molecule has 0 aliphatic rings. The molecule has 1 aromatic rings. The third-order valence-electron chi connectivity index (χ3n) is 2.09. The van der Waals surface area contributed by atoms with E-state index in [1.54, 1.807) is 12.1 Å². The van der Waals surface area contributed by atoms with Gasteiger partial charge in [-0.2, -0.15) is 0 Å². The van der Waals surface area contributed by atoms with E-state index < -0.39 is 34.3 Å². The third-order valence-corrected chi connectivity index (χ3v) is 2.94. The Morgan fingerprint density at radius 1 is 1.00 bits per heavy atom. The summed E-state index contributed by atoms with van der Waals surface area (Å²) in [7, 11) is -4.27. The summed E-state index contributed by atoms with van der Waals surface area (Å²) in [5.74, 6) is -4.12. The standard InChI is InChI=1S/C7H8O3S.C4H6O6/c1-6-2-4-7(5-3-6)11(8,9)10;5-1(3(7)8)2(6)4(9)10/h2-5H,1H3,(H,8,9,10);1-2,5-6H,(H,7,8)(H,9,10)/p-3. The predicted octanol–water partition coefficient (Wildman–Crippen LogP) is -3.89. The van der Waals surface area contributed by atoms with E-state index in [-0.39, 0.29) is 4.90 Å². The van der Waals surface area contributed by atoms with E-state index in [1.165, 1.54) is 12.1 Å². The van der Waals surface area contributed by atoms with Gasteiger partial charge in [0.25, 0.3) is 0 Å². The van der Waals surface area contributed by atoms with E-state index in [9.17, 15) is 32.8 Å². The van der Waals surface area contributed by atoms with Gasteiger partial charge in [-0.15, -0.1) is 0 Å². The molecule has 21 heavy (non-hydrogen) atoms. The minimum Gasteiger partial charge on any atom is -0.744 e. The molecule has 0 fully saturated rings. The maximum absolute atomic E-state index is 10.4. The van der Waals surface area contributed by atoms with Gasteiger partial charge in [-0.05, 0) is 19.1 Å². The highest BCUT2D eigenvalue weighted by Crippen LogP contribution is 2.08. The quantitative estimate of drug-likeness (QED) is 0.525. The Kier molecular flexibility index (Phi) is 6.95. The van der Waals surface area contributed by atoms with Gasteiger partial charge < -0.3 is 34.6 Å². The van der Waals surface area contributed by atoms with Crippen molar-refractivity contribution >= 4 is 22.1 Å². The molecule has 0 saturated heterocycles. The zero-order chi connectivity index (χ0) is 16.8. The van der Waals surface area contributed by atoms with Gasteiger partial charge in [-0.25, -0.2) is 8.42 Å². The summed E-state index contributed by atoms with van der Waals surface area (Å²) in [6, 6.07) is 5.78. The Labute approximate surface area is 119 Å². The third kappa shape index (κ3) is 6.81. The number of aryl methyl sites for hydroxylation is 1. The van der Waals surface area contributed by atoms with Crippen LogP contribution in [0.3, 0.4) is 0 Å². The monoisotopic (exact) mass is 319 g/mol. The number of aliphatic hydroxyl groups excluding tert-OH is 2. The van der Waals surface area contributed by atoms with Crippen LogP contribution >= 0.6 is 0 Å². The van der Waals surface area contributed by atoms with Crippen molar-refractivity contribution in [3.63, 3.8) is 0 Å². The van der Waals surface area contributed by atoms with E-state index in [0.717, 1.165) is 5.56 Å². The molecule has 0 amide bonds. The summed E-state index contributed by atoms with van der Waals surface area (Å²) in [5, 5.41) is 35.7. The number of benzene rings is 1. The van der Waals surface area contributed by atoms with Crippen molar-refractivity contribution in [1.82, 2.24) is 0 Å². The predicted molar refractivity (Wildman–Crippen MR) is 61.2 cm³/mol. The zero-order valence-electron chi connectivity index (χ0n) is 10.6. The molecule has 0 bridgehead atoms. The van der Waals surface area contributed by atoms with Crippen LogP contribution in [0.25, 0.3) is 0 Å². The SMILES string of the molecule is Cc1ccc(S(=O)(=O)[O-])cc1.O=C([O-])C(O)C(O)C(=O)[O-]. The number of carbonyl (C=O) groups is 2. The van der Waals surface area contributed by atoms with Crippen molar-refractivity contribution in [2.24, 2.45) is 0 Å². The van der Waals surface area contributed by atoms with Gasteiger partial charge in [-0.3, -0.25) is 0 Å². The summed E-state index contributed by atoms with van der Waals surface area (Å²) in [6.07, 6.45) is -4.88. The van der Waals surface area contributed by atoms with Crippen molar-refractivity contribution in [2.75, 3.05) is 0 Å². The number of hydrogen-bond acceptors (Lipinski definition) is 9. The van der Waals surface area contributed by atoms with Crippen LogP contribution in [0.2, 0.25) is 0 Å². The highest BCUT2D eigenvalue weighted by Gasteiger charge is 2.17. The highest BCUT2D eigenvalue weighted by atomic mass is 32.2. The molecular weight excluding hydrogens is 308 g/mol. The lowest BCUT2D eigenvalue weighted by molar-refractivity contribution is -0.333. The first-order valence-electron chi connectivity index (χ1n) is 5.27. The Hall–Kier alpha value is -2.01. The Morgan fingerprint density at radius 3 is 1.57 bits per heavy atom. The topological polar surface area (TPSA) is 178 Å². The van der Waals surface area contributed by atoms with Gasteiger partial charge in [0, 0.05) is 0 Å². The molecule has 118 valence electrons. The minimum atomic E-state index is -4.27. The van der Waals surface area contributed by atoms with E-state index in [4.69, 9.17) is 10.2 Å². The number of aliphatic carboxylic acids is 2. The second-order valence-corrected chi connectivity index (χ2v) is 5.17. The maximum Gasteiger partial charge on any atom is 0.124 e. The molecule has 2 unspecified atom stereocenters. The van der Waals surface area contributed by atoms with Gasteiger partial charge >= 0.3 is 0 Å². The molecule has 9 nitrogen and oxygen atoms in total. The van der Waals surface area contributed by atoms with E-state index >= 15 is 0 Å². The van der Waals surface area contributed by atoms with Crippen LogP contribution in [0.1, 0.15) is 5.56 Å². The molecule has 0 aromatic heterocycles. The minimum absolute atomic E-state index is 0.178. The molecule has 0 radical (unpaired) electrons. The molecule has 0 heterocycles. The van der Waals surface area contributed by atoms with Crippen LogP contribution < -0.4 is 10.2 Å². The molecule has 0 aliphatic heterocycles. The number of carboxylic acid groups (broad SMARTS) is 2. The molecule has 0 saturated carbocycles. The average Bonchev–Trinajstić information content (AvgIpc) is 2.36. The first-order chi connectivity index (χ1) is 9.46. The van der Waals surface area contributed by atoms with Crippen LogP contribution in [0, 0.1) is 6.92 Å². The lowest BCUT2D eigenvalue weighted by Crippen LogP contribution is -2.51. The molecule has 2 atom stereocenters. The number of hydrogen-bond donors (Lipinski definition) is 2. The summed E-state index contributed by atoms with van der Waals surface area (Å²) in [5.41, 5.74) is 0.928. The Bertz CT molecular complexity index is 573. The Morgan fingerprint density at radius 2 is 1.33 bits per heavy atom.